The van der Waals surface area contributed by atoms with Gasteiger partial charge < -0.3 is 9.52 Å². The number of fused-ring (bicyclic) bond motifs is 1. The summed E-state index contributed by atoms with van der Waals surface area (Å²) in [6, 6.07) is 12.0. The van der Waals surface area contributed by atoms with Crippen LogP contribution in [-0.2, 0) is 12.8 Å². The number of benzene rings is 2. The quantitative estimate of drug-likeness (QED) is 0.591. The number of furan rings is 1. The summed E-state index contributed by atoms with van der Waals surface area (Å²) in [6.07, 6.45) is 1.64. The molecule has 0 unspecified atom stereocenters. The molecule has 0 bridgehead atoms. The SMILES string of the molecule is CCc1oc2ccccc2c1Cc1cc(Br)c(O)c(Br)c1. The minimum Gasteiger partial charge on any atom is -0.506 e. The van der Waals surface area contributed by atoms with Gasteiger partial charge in [0.25, 0.3) is 0 Å². The molecule has 0 aliphatic carbocycles. The molecule has 3 rings (SSSR count). The second kappa shape index (κ2) is 5.85. The topological polar surface area (TPSA) is 33.4 Å². The fourth-order valence-electron chi connectivity index (χ4n) is 2.55. The van der Waals surface area contributed by atoms with Crippen molar-refractivity contribution in [1.29, 1.82) is 0 Å². The minimum atomic E-state index is 0.228. The average Bonchev–Trinajstić information content (AvgIpc) is 2.83. The molecule has 2 nitrogen and oxygen atoms in total. The molecule has 0 fully saturated rings. The van der Waals surface area contributed by atoms with Crippen LogP contribution in [0.2, 0.25) is 0 Å². The number of phenols is 1. The Morgan fingerprint density at radius 3 is 2.43 bits per heavy atom. The van der Waals surface area contributed by atoms with E-state index in [1.165, 1.54) is 5.56 Å². The Labute approximate surface area is 140 Å². The second-order valence-electron chi connectivity index (χ2n) is 4.94. The van der Waals surface area contributed by atoms with Gasteiger partial charge in [-0.1, -0.05) is 25.1 Å². The second-order valence-corrected chi connectivity index (χ2v) is 6.65. The molecule has 4 heteroatoms. The first-order valence-electron chi connectivity index (χ1n) is 6.76. The third-order valence-corrected chi connectivity index (χ3v) is 4.77. The van der Waals surface area contributed by atoms with Crippen molar-refractivity contribution in [3.63, 3.8) is 0 Å². The maximum absolute atomic E-state index is 9.82. The molecular weight excluding hydrogens is 396 g/mol. The van der Waals surface area contributed by atoms with Crippen LogP contribution in [0.4, 0.5) is 0 Å². The van der Waals surface area contributed by atoms with Gasteiger partial charge in [0.1, 0.15) is 17.1 Å². The van der Waals surface area contributed by atoms with Crippen molar-refractivity contribution in [3.8, 4) is 5.75 Å². The van der Waals surface area contributed by atoms with Gasteiger partial charge in [0.2, 0.25) is 0 Å². The zero-order valence-corrected chi connectivity index (χ0v) is 14.7. The van der Waals surface area contributed by atoms with Crippen LogP contribution in [0.3, 0.4) is 0 Å². The average molecular weight is 410 g/mol. The third kappa shape index (κ3) is 2.74. The summed E-state index contributed by atoms with van der Waals surface area (Å²) in [6.45, 7) is 2.10. The van der Waals surface area contributed by atoms with E-state index in [0.717, 1.165) is 35.1 Å². The fraction of sp³-hybridized carbons (Fsp3) is 0.176. The summed E-state index contributed by atoms with van der Waals surface area (Å²) in [5.74, 6) is 1.25. The lowest BCUT2D eigenvalue weighted by Gasteiger charge is -2.06. The van der Waals surface area contributed by atoms with Gasteiger partial charge in [0.15, 0.2) is 0 Å². The number of para-hydroxylation sites is 1. The lowest BCUT2D eigenvalue weighted by Crippen LogP contribution is -1.92. The molecule has 0 atom stereocenters. The van der Waals surface area contributed by atoms with Crippen molar-refractivity contribution in [2.45, 2.75) is 19.8 Å². The van der Waals surface area contributed by atoms with Crippen molar-refractivity contribution >= 4 is 42.8 Å². The van der Waals surface area contributed by atoms with Crippen LogP contribution in [0.5, 0.6) is 5.75 Å². The monoisotopic (exact) mass is 408 g/mol. The van der Waals surface area contributed by atoms with Crippen LogP contribution in [0.15, 0.2) is 49.8 Å². The number of halogens is 2. The molecule has 3 aromatic rings. The van der Waals surface area contributed by atoms with Gasteiger partial charge in [0, 0.05) is 23.8 Å². The van der Waals surface area contributed by atoms with Crippen LogP contribution in [0, 0.1) is 0 Å². The molecule has 0 saturated carbocycles. The molecule has 0 spiro atoms. The van der Waals surface area contributed by atoms with Gasteiger partial charge in [0.05, 0.1) is 8.95 Å². The van der Waals surface area contributed by atoms with E-state index in [1.807, 2.05) is 30.3 Å². The van der Waals surface area contributed by atoms with Gasteiger partial charge in [-0.25, -0.2) is 0 Å². The molecule has 0 amide bonds. The zero-order chi connectivity index (χ0) is 15.0. The molecule has 1 heterocycles. The lowest BCUT2D eigenvalue weighted by atomic mass is 10.0. The Kier molecular flexibility index (Phi) is 4.09. The zero-order valence-electron chi connectivity index (χ0n) is 11.5. The number of hydrogen-bond donors (Lipinski definition) is 1. The van der Waals surface area contributed by atoms with E-state index in [0.29, 0.717) is 8.95 Å². The predicted octanol–water partition coefficient (Wildman–Crippen LogP) is 5.82. The van der Waals surface area contributed by atoms with E-state index in [9.17, 15) is 5.11 Å². The Bertz CT molecular complexity index is 783. The number of hydrogen-bond acceptors (Lipinski definition) is 2. The van der Waals surface area contributed by atoms with E-state index >= 15 is 0 Å². The van der Waals surface area contributed by atoms with Gasteiger partial charge in [-0.15, -0.1) is 0 Å². The molecule has 21 heavy (non-hydrogen) atoms. The first-order chi connectivity index (χ1) is 10.1. The van der Waals surface area contributed by atoms with E-state index in [4.69, 9.17) is 4.42 Å². The van der Waals surface area contributed by atoms with Crippen LogP contribution in [0.25, 0.3) is 11.0 Å². The fourth-order valence-corrected chi connectivity index (χ4v) is 3.83. The van der Waals surface area contributed by atoms with Gasteiger partial charge in [-0.05, 0) is 55.6 Å². The van der Waals surface area contributed by atoms with E-state index in [1.54, 1.807) is 0 Å². The number of phenolic OH excluding ortho intramolecular Hbond substituents is 1. The number of rotatable bonds is 3. The summed E-state index contributed by atoms with van der Waals surface area (Å²) in [5, 5.41) is 11.0. The molecule has 108 valence electrons. The Balaban J connectivity index is 2.09. The number of aromatic hydroxyl groups is 1. The van der Waals surface area contributed by atoms with Crippen molar-refractivity contribution in [2.24, 2.45) is 0 Å². The molecule has 2 aromatic carbocycles. The molecule has 1 N–H and O–H groups in total. The molecule has 0 aliphatic heterocycles. The smallest absolute Gasteiger partial charge is 0.143 e. The van der Waals surface area contributed by atoms with E-state index in [2.05, 4.69) is 44.8 Å². The molecule has 0 aliphatic rings. The van der Waals surface area contributed by atoms with Crippen molar-refractivity contribution in [2.75, 3.05) is 0 Å². The van der Waals surface area contributed by atoms with Crippen LogP contribution in [0.1, 0.15) is 23.8 Å². The van der Waals surface area contributed by atoms with Gasteiger partial charge >= 0.3 is 0 Å². The Morgan fingerprint density at radius 1 is 1.10 bits per heavy atom. The van der Waals surface area contributed by atoms with Crippen LogP contribution in [-0.4, -0.2) is 5.11 Å². The van der Waals surface area contributed by atoms with Crippen molar-refractivity contribution in [1.82, 2.24) is 0 Å². The normalized spacial score (nSPS) is 11.2. The summed E-state index contributed by atoms with van der Waals surface area (Å²) >= 11 is 6.77. The molecule has 0 saturated heterocycles. The maximum atomic E-state index is 9.82. The standard InChI is InChI=1S/C17H14Br2O2/c1-2-15-12(11-5-3-4-6-16(11)21-15)7-10-8-13(18)17(20)14(19)9-10/h3-6,8-9,20H,2,7H2,1H3. The van der Waals surface area contributed by atoms with Crippen LogP contribution < -0.4 is 0 Å². The molecular formula is C17H14Br2O2. The van der Waals surface area contributed by atoms with Gasteiger partial charge in [-0.3, -0.25) is 0 Å². The summed E-state index contributed by atoms with van der Waals surface area (Å²) < 4.78 is 7.32. The van der Waals surface area contributed by atoms with Crippen molar-refractivity contribution < 1.29 is 9.52 Å². The number of aryl methyl sites for hydroxylation is 1. The first kappa shape index (κ1) is 14.7. The first-order valence-corrected chi connectivity index (χ1v) is 8.35. The summed E-state index contributed by atoms with van der Waals surface area (Å²) in [7, 11) is 0. The third-order valence-electron chi connectivity index (χ3n) is 3.56. The Morgan fingerprint density at radius 2 is 1.76 bits per heavy atom. The predicted molar refractivity (Wildman–Crippen MR) is 91.9 cm³/mol. The van der Waals surface area contributed by atoms with Gasteiger partial charge in [-0.2, -0.15) is 0 Å². The summed E-state index contributed by atoms with van der Waals surface area (Å²) in [4.78, 5) is 0. The maximum Gasteiger partial charge on any atom is 0.143 e. The lowest BCUT2D eigenvalue weighted by molar-refractivity contribution is 0.468. The highest BCUT2D eigenvalue weighted by atomic mass is 79.9. The molecule has 0 radical (unpaired) electrons. The molecule has 1 aromatic heterocycles. The van der Waals surface area contributed by atoms with Crippen LogP contribution >= 0.6 is 31.9 Å². The van der Waals surface area contributed by atoms with E-state index in [-0.39, 0.29) is 5.75 Å². The van der Waals surface area contributed by atoms with Crippen molar-refractivity contribution in [3.05, 3.63) is 62.2 Å². The highest BCUT2D eigenvalue weighted by Gasteiger charge is 2.14. The minimum absolute atomic E-state index is 0.228. The highest BCUT2D eigenvalue weighted by Crippen LogP contribution is 2.35. The largest absolute Gasteiger partial charge is 0.506 e. The summed E-state index contributed by atoms with van der Waals surface area (Å²) in [5.41, 5.74) is 3.27. The Hall–Kier alpha value is -1.26. The highest BCUT2D eigenvalue weighted by molar-refractivity contribution is 9.11. The van der Waals surface area contributed by atoms with E-state index < -0.39 is 0 Å².